The van der Waals surface area contributed by atoms with Gasteiger partial charge in [-0.3, -0.25) is 9.69 Å². The van der Waals surface area contributed by atoms with Crippen molar-refractivity contribution >= 4 is 5.91 Å². The van der Waals surface area contributed by atoms with Crippen LogP contribution in [-0.2, 0) is 37.3 Å². The summed E-state index contributed by atoms with van der Waals surface area (Å²) in [5, 5.41) is 12.1. The number of aromatic nitrogens is 2. The number of hydrogen-bond donors (Lipinski definition) is 1. The van der Waals surface area contributed by atoms with E-state index in [1.54, 1.807) is 18.2 Å². The van der Waals surface area contributed by atoms with Gasteiger partial charge in [0.05, 0.1) is 17.7 Å². The van der Waals surface area contributed by atoms with Crippen molar-refractivity contribution in [2.24, 2.45) is 0 Å². The number of carbonyl (C=O) groups is 1. The number of imidazole rings is 1. The zero-order valence-corrected chi connectivity index (χ0v) is 23.1. The molecule has 0 aliphatic carbocycles. The second kappa shape index (κ2) is 12.5. The fraction of sp³-hybridized carbons (Fsp3) is 0.281. The zero-order chi connectivity index (χ0) is 29.7. The number of ether oxygens (including phenoxy) is 1. The minimum atomic E-state index is -4.78. The second-order valence-corrected chi connectivity index (χ2v) is 10.3. The van der Waals surface area contributed by atoms with Crippen molar-refractivity contribution in [2.75, 3.05) is 6.54 Å². The molecular weight excluding hydrogens is 543 g/mol. The van der Waals surface area contributed by atoms with Crippen molar-refractivity contribution < 1.29 is 22.7 Å². The number of nitrogens with zero attached hydrogens (tertiary/aromatic N) is 4. The van der Waals surface area contributed by atoms with Crippen LogP contribution in [-0.4, -0.2) is 39.3 Å². The fourth-order valence-corrected chi connectivity index (χ4v) is 5.31. The highest BCUT2D eigenvalue weighted by Gasteiger charge is 2.33. The first-order valence-corrected chi connectivity index (χ1v) is 13.6. The number of rotatable bonds is 9. The lowest BCUT2D eigenvalue weighted by molar-refractivity contribution is -0.274. The third kappa shape index (κ3) is 7.17. The van der Waals surface area contributed by atoms with Crippen LogP contribution in [0.5, 0.6) is 5.75 Å². The Balaban J connectivity index is 1.26. The zero-order valence-electron chi connectivity index (χ0n) is 23.1. The number of benzene rings is 3. The van der Waals surface area contributed by atoms with Crippen LogP contribution in [0.25, 0.3) is 0 Å². The maximum Gasteiger partial charge on any atom is 0.573 e. The number of aryl methyl sites for hydroxylation is 1. The van der Waals surface area contributed by atoms with Gasteiger partial charge >= 0.3 is 6.36 Å². The molecule has 0 spiro atoms. The van der Waals surface area contributed by atoms with Gasteiger partial charge in [0.25, 0.3) is 0 Å². The van der Waals surface area contributed by atoms with Gasteiger partial charge in [0.1, 0.15) is 11.6 Å². The number of halogens is 3. The monoisotopic (exact) mass is 573 g/mol. The van der Waals surface area contributed by atoms with E-state index >= 15 is 0 Å². The molecule has 1 amide bonds. The molecular formula is C32H30F3N5O2. The van der Waals surface area contributed by atoms with Crippen molar-refractivity contribution in [3.8, 4) is 11.8 Å². The number of fused-ring (bicyclic) bond motifs is 1. The van der Waals surface area contributed by atoms with E-state index < -0.39 is 12.4 Å². The Labute approximate surface area is 242 Å². The standard InChI is InChI=1S/C32H30F3N5O2/c1-22-38-18-28(40(22)20-24-11-9-23(17-36)10-12-24)13-14-37-31(41)30-16-26-6-2-3-7-27(26)21-39(30)19-25-5-4-8-29(15-25)42-32(33,34)35/h2-12,15,18,30H,13-14,16,19-21H2,1H3,(H,37,41)/t30-/m0/s1. The van der Waals surface area contributed by atoms with Gasteiger partial charge in [-0.2, -0.15) is 5.26 Å². The molecule has 1 aromatic heterocycles. The molecule has 0 fully saturated rings. The molecule has 7 nitrogen and oxygen atoms in total. The first-order valence-electron chi connectivity index (χ1n) is 13.6. The summed E-state index contributed by atoms with van der Waals surface area (Å²) in [7, 11) is 0. The van der Waals surface area contributed by atoms with Crippen molar-refractivity contribution in [1.82, 2.24) is 19.8 Å². The summed E-state index contributed by atoms with van der Waals surface area (Å²) in [6.45, 7) is 3.72. The molecule has 0 saturated carbocycles. The topological polar surface area (TPSA) is 83.2 Å². The summed E-state index contributed by atoms with van der Waals surface area (Å²) in [6, 6.07) is 22.8. The number of carbonyl (C=O) groups excluding carboxylic acids is 1. The first kappa shape index (κ1) is 28.9. The quantitative estimate of drug-likeness (QED) is 0.294. The van der Waals surface area contributed by atoms with Crippen LogP contribution < -0.4 is 10.1 Å². The van der Waals surface area contributed by atoms with E-state index in [1.807, 2.05) is 54.4 Å². The molecule has 4 aromatic rings. The predicted octanol–water partition coefficient (Wildman–Crippen LogP) is 5.30. The van der Waals surface area contributed by atoms with E-state index in [9.17, 15) is 18.0 Å². The van der Waals surface area contributed by atoms with Crippen molar-refractivity contribution in [2.45, 2.75) is 51.8 Å². The van der Waals surface area contributed by atoms with Gasteiger partial charge in [0.15, 0.2) is 0 Å². The van der Waals surface area contributed by atoms with E-state index in [4.69, 9.17) is 5.26 Å². The van der Waals surface area contributed by atoms with Crippen molar-refractivity contribution in [3.63, 3.8) is 0 Å². The van der Waals surface area contributed by atoms with Crippen molar-refractivity contribution in [1.29, 1.82) is 5.26 Å². The highest BCUT2D eigenvalue weighted by molar-refractivity contribution is 5.82. The number of nitrogens with one attached hydrogen (secondary N) is 1. The summed E-state index contributed by atoms with van der Waals surface area (Å²) < 4.78 is 44.5. The molecule has 2 heterocycles. The maximum absolute atomic E-state index is 13.5. The number of amides is 1. The summed E-state index contributed by atoms with van der Waals surface area (Å²) in [4.78, 5) is 20.0. The molecule has 0 unspecified atom stereocenters. The van der Waals surface area contributed by atoms with E-state index in [0.29, 0.717) is 43.6 Å². The summed E-state index contributed by atoms with van der Waals surface area (Å²) >= 11 is 0. The van der Waals surface area contributed by atoms with E-state index in [2.05, 4.69) is 25.7 Å². The fourth-order valence-electron chi connectivity index (χ4n) is 5.31. The molecule has 10 heteroatoms. The van der Waals surface area contributed by atoms with Gasteiger partial charge in [-0.15, -0.1) is 13.2 Å². The molecule has 0 bridgehead atoms. The van der Waals surface area contributed by atoms with Crippen LogP contribution in [0.15, 0.2) is 79.0 Å². The smallest absolute Gasteiger partial charge is 0.406 e. The highest BCUT2D eigenvalue weighted by Crippen LogP contribution is 2.28. The largest absolute Gasteiger partial charge is 0.573 e. The first-order chi connectivity index (χ1) is 20.2. The molecule has 5 rings (SSSR count). The van der Waals surface area contributed by atoms with Gasteiger partial charge in [-0.25, -0.2) is 4.98 Å². The summed E-state index contributed by atoms with van der Waals surface area (Å²) in [6.07, 6.45) is -1.90. The maximum atomic E-state index is 13.5. The summed E-state index contributed by atoms with van der Waals surface area (Å²) in [5.41, 5.74) is 5.42. The van der Waals surface area contributed by atoms with E-state index in [0.717, 1.165) is 28.2 Å². The van der Waals surface area contributed by atoms with Gasteiger partial charge in [0, 0.05) is 44.5 Å². The minimum absolute atomic E-state index is 0.137. The minimum Gasteiger partial charge on any atom is -0.406 e. The van der Waals surface area contributed by atoms with Crippen LogP contribution in [0, 0.1) is 18.3 Å². The van der Waals surface area contributed by atoms with E-state index in [1.165, 1.54) is 18.2 Å². The molecule has 0 radical (unpaired) electrons. The molecule has 3 aromatic carbocycles. The third-order valence-corrected chi connectivity index (χ3v) is 7.41. The van der Waals surface area contributed by atoms with Crippen molar-refractivity contribution in [3.05, 3.63) is 118 Å². The Kier molecular flexibility index (Phi) is 8.59. The Morgan fingerprint density at radius 3 is 2.55 bits per heavy atom. The molecule has 42 heavy (non-hydrogen) atoms. The van der Waals surface area contributed by atoms with Crippen LogP contribution in [0.2, 0.25) is 0 Å². The van der Waals surface area contributed by atoms with Gasteiger partial charge in [-0.1, -0.05) is 48.5 Å². The van der Waals surface area contributed by atoms with Gasteiger partial charge < -0.3 is 14.6 Å². The number of nitriles is 1. The highest BCUT2D eigenvalue weighted by atomic mass is 19.4. The van der Waals surface area contributed by atoms with Crippen LogP contribution in [0.3, 0.4) is 0 Å². The lowest BCUT2D eigenvalue weighted by Gasteiger charge is -2.36. The molecule has 1 atom stereocenters. The van der Waals surface area contributed by atoms with Crippen LogP contribution in [0.1, 0.15) is 39.3 Å². The Morgan fingerprint density at radius 2 is 1.81 bits per heavy atom. The predicted molar refractivity (Wildman–Crippen MR) is 150 cm³/mol. The van der Waals surface area contributed by atoms with Gasteiger partial charge in [0.2, 0.25) is 5.91 Å². The molecule has 1 N–H and O–H groups in total. The number of hydrogen-bond acceptors (Lipinski definition) is 5. The molecule has 1 aliphatic heterocycles. The average molecular weight is 574 g/mol. The third-order valence-electron chi connectivity index (χ3n) is 7.41. The van der Waals surface area contributed by atoms with Gasteiger partial charge in [-0.05, 0) is 59.9 Å². The van der Waals surface area contributed by atoms with Crippen LogP contribution in [0.4, 0.5) is 13.2 Å². The molecule has 216 valence electrons. The lowest BCUT2D eigenvalue weighted by Crippen LogP contribution is -2.50. The Hall–Kier alpha value is -4.62. The average Bonchev–Trinajstić information content (AvgIpc) is 3.30. The Bertz CT molecular complexity index is 1590. The SMILES string of the molecule is Cc1ncc(CCNC(=O)[C@@H]2Cc3ccccc3CN2Cc2cccc(OC(F)(F)F)c2)n1Cc1ccc(C#N)cc1. The Morgan fingerprint density at radius 1 is 1.05 bits per heavy atom. The normalized spacial score (nSPS) is 15.1. The summed E-state index contributed by atoms with van der Waals surface area (Å²) in [5.74, 6) is 0.431. The lowest BCUT2D eigenvalue weighted by atomic mass is 9.93. The van der Waals surface area contributed by atoms with Crippen LogP contribution >= 0.6 is 0 Å². The molecule has 0 saturated heterocycles. The molecule has 1 aliphatic rings. The van der Waals surface area contributed by atoms with E-state index in [-0.39, 0.29) is 18.2 Å². The second-order valence-electron chi connectivity index (χ2n) is 10.3. The number of alkyl halides is 3.